The second kappa shape index (κ2) is 14.6. The second-order valence-corrected chi connectivity index (χ2v) is 14.4. The summed E-state index contributed by atoms with van der Waals surface area (Å²) in [4.78, 5) is 30.1. The number of anilines is 1. The van der Waals surface area contributed by atoms with Crippen LogP contribution in [0.3, 0.4) is 0 Å². The molecule has 0 aromatic heterocycles. The van der Waals surface area contributed by atoms with E-state index in [0.717, 1.165) is 21.0 Å². The molecule has 0 aliphatic heterocycles. The lowest BCUT2D eigenvalue weighted by molar-refractivity contribution is -0.140. The average Bonchev–Trinajstić information content (AvgIpc) is 3.02. The molecule has 0 saturated heterocycles. The minimum atomic E-state index is -4.14. The minimum Gasteiger partial charge on any atom is -0.350 e. The van der Waals surface area contributed by atoms with Crippen LogP contribution in [0.1, 0.15) is 57.2 Å². The molecule has 0 saturated carbocycles. The molecule has 2 amide bonds. The zero-order chi connectivity index (χ0) is 32.6. The van der Waals surface area contributed by atoms with Crippen molar-refractivity contribution in [3.8, 4) is 0 Å². The van der Waals surface area contributed by atoms with E-state index < -0.39 is 34.1 Å². The zero-order valence-electron chi connectivity index (χ0n) is 26.7. The topological polar surface area (TPSA) is 86.8 Å². The van der Waals surface area contributed by atoms with E-state index in [1.54, 1.807) is 30.3 Å². The van der Waals surface area contributed by atoms with Crippen molar-refractivity contribution in [2.75, 3.05) is 10.8 Å². The maximum Gasteiger partial charge on any atom is 0.264 e. The lowest BCUT2D eigenvalue weighted by Gasteiger charge is -2.35. The van der Waals surface area contributed by atoms with Crippen LogP contribution in [-0.4, -0.2) is 43.3 Å². The lowest BCUT2D eigenvalue weighted by Crippen LogP contribution is -2.56. The van der Waals surface area contributed by atoms with Crippen LogP contribution in [0, 0.1) is 0 Å². The van der Waals surface area contributed by atoms with Gasteiger partial charge in [0.15, 0.2) is 0 Å². The van der Waals surface area contributed by atoms with Crippen LogP contribution in [0.5, 0.6) is 0 Å². The molecule has 4 aromatic carbocycles. The Morgan fingerprint density at radius 3 is 1.76 bits per heavy atom. The van der Waals surface area contributed by atoms with Crippen molar-refractivity contribution in [3.05, 3.63) is 132 Å². The summed E-state index contributed by atoms with van der Waals surface area (Å²) in [5, 5.41) is 3.05. The highest BCUT2D eigenvalue weighted by Crippen LogP contribution is 2.27. The Kier molecular flexibility index (Phi) is 10.8. The van der Waals surface area contributed by atoms with Gasteiger partial charge in [-0.1, -0.05) is 105 Å². The predicted molar refractivity (Wildman–Crippen MR) is 180 cm³/mol. The number of sulfonamides is 1. The Morgan fingerprint density at radius 1 is 0.733 bits per heavy atom. The van der Waals surface area contributed by atoms with Crippen LogP contribution in [-0.2, 0) is 32.6 Å². The van der Waals surface area contributed by atoms with E-state index in [0.29, 0.717) is 5.69 Å². The molecule has 0 radical (unpaired) electrons. The molecule has 0 aliphatic rings. The van der Waals surface area contributed by atoms with Crippen molar-refractivity contribution in [2.45, 2.75) is 70.0 Å². The summed E-state index contributed by atoms with van der Waals surface area (Å²) in [6, 6.07) is 33.4. The monoisotopic (exact) mass is 625 g/mol. The van der Waals surface area contributed by atoms with Crippen LogP contribution in [0.25, 0.3) is 0 Å². The highest BCUT2D eigenvalue weighted by atomic mass is 32.2. The molecule has 0 aliphatic carbocycles. The van der Waals surface area contributed by atoms with Crippen LogP contribution < -0.4 is 9.62 Å². The van der Waals surface area contributed by atoms with Gasteiger partial charge in [0.05, 0.1) is 10.6 Å². The Labute approximate surface area is 268 Å². The summed E-state index contributed by atoms with van der Waals surface area (Å²) in [5.41, 5.74) is 2.58. The number of nitrogens with zero attached hydrogens (tertiary/aromatic N) is 2. The smallest absolute Gasteiger partial charge is 0.264 e. The molecule has 1 N–H and O–H groups in total. The maximum absolute atomic E-state index is 14.5. The van der Waals surface area contributed by atoms with Gasteiger partial charge in [0.1, 0.15) is 12.6 Å². The number of carbonyl (C=O) groups is 2. The lowest BCUT2D eigenvalue weighted by atomic mass is 10.0. The normalized spacial score (nSPS) is 12.4. The number of hydrogen-bond acceptors (Lipinski definition) is 4. The summed E-state index contributed by atoms with van der Waals surface area (Å²) < 4.78 is 29.4. The molecule has 0 heterocycles. The predicted octanol–water partition coefficient (Wildman–Crippen LogP) is 6.56. The number of amides is 2. The molecule has 7 nitrogen and oxygen atoms in total. The van der Waals surface area contributed by atoms with Gasteiger partial charge in [-0.15, -0.1) is 0 Å². The Balaban J connectivity index is 1.80. The number of hydrogen-bond donors (Lipinski definition) is 1. The van der Waals surface area contributed by atoms with Crippen molar-refractivity contribution in [2.24, 2.45) is 0 Å². The molecule has 0 spiro atoms. The van der Waals surface area contributed by atoms with Crippen molar-refractivity contribution >= 4 is 27.5 Å². The van der Waals surface area contributed by atoms with Crippen molar-refractivity contribution in [1.82, 2.24) is 10.2 Å². The van der Waals surface area contributed by atoms with Crippen LogP contribution in [0.15, 0.2) is 120 Å². The molecule has 4 aromatic rings. The molecule has 0 bridgehead atoms. The Bertz CT molecular complexity index is 1650. The Morgan fingerprint density at radius 2 is 1.24 bits per heavy atom. The molecular formula is C37H43N3O4S. The third-order valence-electron chi connectivity index (χ3n) is 7.42. The molecule has 45 heavy (non-hydrogen) atoms. The Hall–Kier alpha value is -4.43. The highest BCUT2D eigenvalue weighted by molar-refractivity contribution is 7.92. The molecule has 1 unspecified atom stereocenters. The standard InChI is InChI=1S/C37H43N3O4S/c1-28(2)31-21-23-32(24-22-31)40(45(43,44)33-19-13-8-14-20-33)27-35(41)39(26-30-17-11-7-12-18-30)34(36(42)38-37(3,4)5)25-29-15-9-6-10-16-29/h6-24,28,34H,25-27H2,1-5H3,(H,38,42). The zero-order valence-corrected chi connectivity index (χ0v) is 27.5. The van der Waals surface area contributed by atoms with Crippen molar-refractivity contribution in [3.63, 3.8) is 0 Å². The van der Waals surface area contributed by atoms with E-state index in [2.05, 4.69) is 19.2 Å². The van der Waals surface area contributed by atoms with E-state index >= 15 is 0 Å². The van der Waals surface area contributed by atoms with Gasteiger partial charge in [0.25, 0.3) is 10.0 Å². The molecule has 8 heteroatoms. The summed E-state index contributed by atoms with van der Waals surface area (Å²) in [6.45, 7) is 9.44. The summed E-state index contributed by atoms with van der Waals surface area (Å²) >= 11 is 0. The van der Waals surface area contributed by atoms with Gasteiger partial charge < -0.3 is 10.2 Å². The first-order valence-electron chi connectivity index (χ1n) is 15.2. The van der Waals surface area contributed by atoms with Gasteiger partial charge in [-0.2, -0.15) is 0 Å². The molecule has 1 atom stereocenters. The van der Waals surface area contributed by atoms with Gasteiger partial charge in [-0.3, -0.25) is 13.9 Å². The van der Waals surface area contributed by atoms with E-state index in [1.165, 1.54) is 17.0 Å². The number of benzene rings is 4. The first-order valence-corrected chi connectivity index (χ1v) is 16.7. The average molecular weight is 626 g/mol. The number of carbonyl (C=O) groups excluding carboxylic acids is 2. The fourth-order valence-corrected chi connectivity index (χ4v) is 6.50. The van der Waals surface area contributed by atoms with Gasteiger partial charge in [-0.05, 0) is 67.6 Å². The van der Waals surface area contributed by atoms with Crippen molar-refractivity contribution < 1.29 is 18.0 Å². The first-order chi connectivity index (χ1) is 21.3. The summed E-state index contributed by atoms with van der Waals surface area (Å²) in [5.74, 6) is -0.549. The third-order valence-corrected chi connectivity index (χ3v) is 9.21. The maximum atomic E-state index is 14.5. The largest absolute Gasteiger partial charge is 0.350 e. The van der Waals surface area contributed by atoms with E-state index in [-0.39, 0.29) is 29.7 Å². The SMILES string of the molecule is CC(C)c1ccc(N(CC(=O)N(Cc2ccccc2)C(Cc2ccccc2)C(=O)NC(C)(C)C)S(=O)(=O)c2ccccc2)cc1. The minimum absolute atomic E-state index is 0.0756. The summed E-state index contributed by atoms with van der Waals surface area (Å²) in [7, 11) is -4.14. The first kappa shape index (κ1) is 33.5. The van der Waals surface area contributed by atoms with E-state index in [1.807, 2.05) is 93.6 Å². The molecule has 0 fully saturated rings. The fraction of sp³-hybridized carbons (Fsp3) is 0.297. The highest BCUT2D eigenvalue weighted by Gasteiger charge is 2.35. The fourth-order valence-electron chi connectivity index (χ4n) is 5.06. The van der Waals surface area contributed by atoms with E-state index in [4.69, 9.17) is 0 Å². The number of nitrogens with one attached hydrogen (secondary N) is 1. The second-order valence-electron chi connectivity index (χ2n) is 12.5. The van der Waals surface area contributed by atoms with Gasteiger partial charge >= 0.3 is 0 Å². The van der Waals surface area contributed by atoms with Gasteiger partial charge in [-0.25, -0.2) is 8.42 Å². The molecular weight excluding hydrogens is 582 g/mol. The molecule has 236 valence electrons. The number of rotatable bonds is 12. The third kappa shape index (κ3) is 9.05. The summed E-state index contributed by atoms with van der Waals surface area (Å²) in [6.07, 6.45) is 0.260. The van der Waals surface area contributed by atoms with Crippen LogP contribution in [0.2, 0.25) is 0 Å². The van der Waals surface area contributed by atoms with Crippen LogP contribution in [0.4, 0.5) is 5.69 Å². The molecule has 4 rings (SSSR count). The van der Waals surface area contributed by atoms with Gasteiger partial charge in [0, 0.05) is 18.5 Å². The van der Waals surface area contributed by atoms with Crippen LogP contribution >= 0.6 is 0 Å². The van der Waals surface area contributed by atoms with Gasteiger partial charge in [0.2, 0.25) is 11.8 Å². The van der Waals surface area contributed by atoms with Crippen molar-refractivity contribution in [1.29, 1.82) is 0 Å². The quantitative estimate of drug-likeness (QED) is 0.193. The van der Waals surface area contributed by atoms with E-state index in [9.17, 15) is 18.0 Å².